The summed E-state index contributed by atoms with van der Waals surface area (Å²) in [5.74, 6) is 0.309. The minimum atomic E-state index is -0.558. The minimum Gasteiger partial charge on any atom is -0.416 e. The van der Waals surface area contributed by atoms with E-state index in [0.717, 1.165) is 11.8 Å². The molecule has 0 bridgehead atoms. The summed E-state index contributed by atoms with van der Waals surface area (Å²) in [5.41, 5.74) is 1.19. The van der Waals surface area contributed by atoms with Gasteiger partial charge in [0.25, 0.3) is 10.9 Å². The van der Waals surface area contributed by atoms with Gasteiger partial charge in [-0.15, -0.1) is 10.2 Å². The number of thioether (sulfide) groups is 1. The molecule has 1 N–H and O–H groups in total. The monoisotopic (exact) mass is 432 g/mol. The number of rotatable bonds is 8. The van der Waals surface area contributed by atoms with Crippen LogP contribution in [-0.2, 0) is 11.2 Å². The Kier molecular flexibility index (Phi) is 6.84. The van der Waals surface area contributed by atoms with Gasteiger partial charge in [0, 0.05) is 18.6 Å². The van der Waals surface area contributed by atoms with E-state index in [9.17, 15) is 14.9 Å². The Morgan fingerprint density at radius 2 is 2.03 bits per heavy atom. The molecule has 1 aromatic heterocycles. The summed E-state index contributed by atoms with van der Waals surface area (Å²) in [6.07, 6.45) is 0.590. The average Bonchev–Trinajstić information content (AvgIpc) is 3.16. The van der Waals surface area contributed by atoms with Crippen LogP contribution in [0.2, 0.25) is 5.02 Å². The topological polar surface area (TPSA) is 111 Å². The van der Waals surface area contributed by atoms with E-state index in [4.69, 9.17) is 16.0 Å². The molecule has 1 amide bonds. The van der Waals surface area contributed by atoms with Crippen molar-refractivity contribution in [1.82, 2.24) is 10.2 Å². The van der Waals surface area contributed by atoms with Crippen molar-refractivity contribution >= 4 is 40.6 Å². The first-order chi connectivity index (χ1) is 13.9. The number of hydrogen-bond donors (Lipinski definition) is 1. The third-order valence-corrected chi connectivity index (χ3v) is 5.21. The molecule has 8 nitrogen and oxygen atoms in total. The van der Waals surface area contributed by atoms with Crippen molar-refractivity contribution in [2.45, 2.75) is 24.5 Å². The Morgan fingerprint density at radius 1 is 1.28 bits per heavy atom. The maximum Gasteiger partial charge on any atom is 0.277 e. The first kappa shape index (κ1) is 20.8. The van der Waals surface area contributed by atoms with Crippen molar-refractivity contribution < 1.29 is 14.1 Å². The molecule has 0 radical (unpaired) electrons. The normalized spacial score (nSPS) is 11.8. The van der Waals surface area contributed by atoms with E-state index in [1.54, 1.807) is 0 Å². The fraction of sp³-hybridized carbons (Fsp3) is 0.211. The minimum absolute atomic E-state index is 0.00507. The number of nitro benzene ring substituents is 1. The number of anilines is 1. The first-order valence-electron chi connectivity index (χ1n) is 8.66. The lowest BCUT2D eigenvalue weighted by atomic mass is 9.98. The van der Waals surface area contributed by atoms with Gasteiger partial charge in [-0.05, 0) is 17.5 Å². The molecule has 10 heteroatoms. The van der Waals surface area contributed by atoms with Crippen LogP contribution in [0.4, 0.5) is 11.4 Å². The van der Waals surface area contributed by atoms with Crippen molar-refractivity contribution in [1.29, 1.82) is 0 Å². The zero-order chi connectivity index (χ0) is 20.8. The molecule has 0 saturated heterocycles. The second kappa shape index (κ2) is 9.53. The zero-order valence-corrected chi connectivity index (χ0v) is 16.9. The van der Waals surface area contributed by atoms with E-state index >= 15 is 0 Å². The largest absolute Gasteiger partial charge is 0.416 e. The van der Waals surface area contributed by atoms with E-state index in [2.05, 4.69) is 22.4 Å². The van der Waals surface area contributed by atoms with E-state index in [-0.39, 0.29) is 33.3 Å². The number of carbonyl (C=O) groups excluding carboxylic acids is 1. The number of nitrogens with zero attached hydrogens (tertiary/aromatic N) is 3. The van der Waals surface area contributed by atoms with Crippen molar-refractivity contribution in [3.8, 4) is 0 Å². The van der Waals surface area contributed by atoms with Gasteiger partial charge in [0.2, 0.25) is 11.8 Å². The number of amides is 1. The van der Waals surface area contributed by atoms with Crippen LogP contribution in [0, 0.1) is 10.1 Å². The molecule has 150 valence electrons. The summed E-state index contributed by atoms with van der Waals surface area (Å²) in [6.45, 7) is 2.07. The fourth-order valence-corrected chi connectivity index (χ4v) is 3.32. The van der Waals surface area contributed by atoms with Gasteiger partial charge in [-0.3, -0.25) is 14.9 Å². The molecule has 0 aliphatic carbocycles. The molecule has 1 heterocycles. The number of benzene rings is 2. The Balaban J connectivity index is 1.54. The smallest absolute Gasteiger partial charge is 0.277 e. The number of aromatic nitrogens is 2. The van der Waals surface area contributed by atoms with Crippen LogP contribution in [0.5, 0.6) is 0 Å². The molecule has 0 aliphatic rings. The highest BCUT2D eigenvalue weighted by Crippen LogP contribution is 2.27. The predicted molar refractivity (Wildman–Crippen MR) is 110 cm³/mol. The van der Waals surface area contributed by atoms with Gasteiger partial charge in [-0.25, -0.2) is 0 Å². The number of hydrogen-bond acceptors (Lipinski definition) is 7. The van der Waals surface area contributed by atoms with E-state index in [1.807, 2.05) is 30.3 Å². The van der Waals surface area contributed by atoms with Gasteiger partial charge in [-0.1, -0.05) is 60.6 Å². The predicted octanol–water partition coefficient (Wildman–Crippen LogP) is 4.71. The standard InChI is InChI=1S/C19H17ClN4O4S/c1-12(13-5-3-2-4-6-13)9-18-22-23-19(28-18)29-11-17(25)21-16-10-14(24(26)27)7-8-15(16)20/h2-8,10,12H,9,11H2,1H3,(H,21,25). The number of non-ortho nitro benzene ring substituents is 1. The molecule has 3 aromatic rings. The van der Waals surface area contributed by atoms with Crippen molar-refractivity contribution in [2.24, 2.45) is 0 Å². The van der Waals surface area contributed by atoms with Gasteiger partial charge < -0.3 is 9.73 Å². The number of carbonyl (C=O) groups is 1. The Labute approximate surface area is 175 Å². The molecule has 0 spiro atoms. The Hall–Kier alpha value is -2.91. The molecule has 2 aromatic carbocycles. The van der Waals surface area contributed by atoms with E-state index < -0.39 is 10.8 Å². The molecule has 0 saturated carbocycles. The quantitative estimate of drug-likeness (QED) is 0.311. The van der Waals surface area contributed by atoms with Crippen molar-refractivity contribution in [3.05, 3.63) is 75.1 Å². The van der Waals surface area contributed by atoms with Crippen LogP contribution in [0.25, 0.3) is 0 Å². The SMILES string of the molecule is CC(Cc1nnc(SCC(=O)Nc2cc([N+](=O)[O-])ccc2Cl)o1)c1ccccc1. The molecule has 1 unspecified atom stereocenters. The maximum absolute atomic E-state index is 12.1. The van der Waals surface area contributed by atoms with Crippen LogP contribution in [-0.4, -0.2) is 26.8 Å². The maximum atomic E-state index is 12.1. The lowest BCUT2D eigenvalue weighted by Gasteiger charge is -2.08. The lowest BCUT2D eigenvalue weighted by Crippen LogP contribution is -2.14. The summed E-state index contributed by atoms with van der Waals surface area (Å²) in [6, 6.07) is 13.8. The fourth-order valence-electron chi connectivity index (χ4n) is 2.58. The summed E-state index contributed by atoms with van der Waals surface area (Å²) < 4.78 is 5.60. The van der Waals surface area contributed by atoms with Crippen LogP contribution >= 0.6 is 23.4 Å². The molecular weight excluding hydrogens is 416 g/mol. The van der Waals surface area contributed by atoms with Crippen molar-refractivity contribution in [2.75, 3.05) is 11.1 Å². The van der Waals surface area contributed by atoms with E-state index in [0.29, 0.717) is 12.3 Å². The molecule has 0 aliphatic heterocycles. The third-order valence-electron chi connectivity index (χ3n) is 4.06. The second-order valence-electron chi connectivity index (χ2n) is 6.24. The summed E-state index contributed by atoms with van der Waals surface area (Å²) in [4.78, 5) is 22.4. The van der Waals surface area contributed by atoms with Gasteiger partial charge in [0.1, 0.15) is 0 Å². The lowest BCUT2D eigenvalue weighted by molar-refractivity contribution is -0.384. The third kappa shape index (κ3) is 5.78. The number of nitro groups is 1. The van der Waals surface area contributed by atoms with Crippen LogP contribution in [0.1, 0.15) is 24.3 Å². The molecule has 1 atom stereocenters. The molecule has 29 heavy (non-hydrogen) atoms. The highest BCUT2D eigenvalue weighted by molar-refractivity contribution is 7.99. The first-order valence-corrected chi connectivity index (χ1v) is 10.0. The second-order valence-corrected chi connectivity index (χ2v) is 7.57. The molecule has 0 fully saturated rings. The average molecular weight is 433 g/mol. The number of halogens is 1. The Bertz CT molecular complexity index is 1010. The van der Waals surface area contributed by atoms with Crippen LogP contribution in [0.3, 0.4) is 0 Å². The van der Waals surface area contributed by atoms with Gasteiger partial charge in [0.15, 0.2) is 0 Å². The molecule has 3 rings (SSSR count). The summed E-state index contributed by atoms with van der Waals surface area (Å²) in [7, 11) is 0. The summed E-state index contributed by atoms with van der Waals surface area (Å²) >= 11 is 7.06. The highest BCUT2D eigenvalue weighted by Gasteiger charge is 2.15. The zero-order valence-electron chi connectivity index (χ0n) is 15.4. The van der Waals surface area contributed by atoms with Gasteiger partial charge in [0.05, 0.1) is 21.4 Å². The van der Waals surface area contributed by atoms with Gasteiger partial charge >= 0.3 is 0 Å². The summed E-state index contributed by atoms with van der Waals surface area (Å²) in [5, 5.41) is 21.9. The molecular formula is C19H17ClN4O4S. The Morgan fingerprint density at radius 3 is 2.76 bits per heavy atom. The van der Waals surface area contributed by atoms with E-state index in [1.165, 1.54) is 23.8 Å². The van der Waals surface area contributed by atoms with Crippen molar-refractivity contribution in [3.63, 3.8) is 0 Å². The number of nitrogens with one attached hydrogen (secondary N) is 1. The van der Waals surface area contributed by atoms with Crippen LogP contribution < -0.4 is 5.32 Å². The highest BCUT2D eigenvalue weighted by atomic mass is 35.5. The van der Waals surface area contributed by atoms with Crippen LogP contribution in [0.15, 0.2) is 58.2 Å². The van der Waals surface area contributed by atoms with Gasteiger partial charge in [-0.2, -0.15) is 0 Å².